The summed E-state index contributed by atoms with van der Waals surface area (Å²) >= 11 is 0. The van der Waals surface area contributed by atoms with Crippen molar-refractivity contribution in [2.24, 2.45) is 40.9 Å². The van der Waals surface area contributed by atoms with Gasteiger partial charge in [0.05, 0.1) is 5.41 Å². The van der Waals surface area contributed by atoms with Crippen LogP contribution in [0.2, 0.25) is 0 Å². The molecule has 4 saturated carbocycles. The molecule has 0 N–H and O–H groups in total. The minimum atomic E-state index is -0.377. The first-order chi connectivity index (χ1) is 9.86. The molecular weight excluding hydrogens is 260 g/mol. The van der Waals surface area contributed by atoms with Crippen LogP contribution < -0.4 is 0 Å². The smallest absolute Gasteiger partial charge is 0.311 e. The molecule has 4 rings (SSSR count). The molecule has 0 saturated heterocycles. The predicted molar refractivity (Wildman–Crippen MR) is 82.6 cm³/mol. The van der Waals surface area contributed by atoms with Gasteiger partial charge in [0.1, 0.15) is 5.60 Å². The fourth-order valence-electron chi connectivity index (χ4n) is 6.63. The van der Waals surface area contributed by atoms with Crippen LogP contribution in [-0.2, 0) is 9.53 Å². The van der Waals surface area contributed by atoms with Crippen LogP contribution in [0.25, 0.3) is 0 Å². The van der Waals surface area contributed by atoms with Gasteiger partial charge in [-0.15, -0.1) is 0 Å². The second-order valence-corrected chi connectivity index (χ2v) is 9.35. The lowest BCUT2D eigenvalue weighted by molar-refractivity contribution is -0.182. The number of carbonyl (C=O) groups excluding carboxylic acids is 1. The van der Waals surface area contributed by atoms with Crippen molar-refractivity contribution < 1.29 is 9.53 Å². The molecule has 2 nitrogen and oxygen atoms in total. The molecule has 0 amide bonds. The largest absolute Gasteiger partial charge is 0.458 e. The fraction of sp³-hybridized carbons (Fsp3) is 0.947. The SMILES string of the molecule is CCC1(OC(=O)C(C)(C)C)CC2CC1C1C3CCC(C3)C21. The molecule has 0 aromatic carbocycles. The first-order valence-electron chi connectivity index (χ1n) is 9.09. The lowest BCUT2D eigenvalue weighted by Gasteiger charge is -2.46. The van der Waals surface area contributed by atoms with Gasteiger partial charge in [-0.1, -0.05) is 6.92 Å². The van der Waals surface area contributed by atoms with E-state index in [0.717, 1.165) is 42.4 Å². The number of hydrogen-bond acceptors (Lipinski definition) is 2. The quantitative estimate of drug-likeness (QED) is 0.555. The van der Waals surface area contributed by atoms with Gasteiger partial charge in [-0.3, -0.25) is 4.79 Å². The van der Waals surface area contributed by atoms with Crippen LogP contribution in [0.15, 0.2) is 0 Å². The van der Waals surface area contributed by atoms with Gasteiger partial charge >= 0.3 is 5.97 Å². The second-order valence-electron chi connectivity index (χ2n) is 9.35. The highest BCUT2D eigenvalue weighted by molar-refractivity contribution is 5.76. The Balaban J connectivity index is 1.60. The van der Waals surface area contributed by atoms with Crippen LogP contribution in [0.4, 0.5) is 0 Å². The molecule has 2 heteroatoms. The first-order valence-corrected chi connectivity index (χ1v) is 9.09. The lowest BCUT2D eigenvalue weighted by Crippen LogP contribution is -2.48. The summed E-state index contributed by atoms with van der Waals surface area (Å²) in [5.41, 5.74) is -0.501. The standard InChI is InChI=1S/C19H30O2/c1-5-19(21-17(20)18(2,3)4)10-13-9-14(19)16-12-7-6-11(8-12)15(13)16/h11-16H,5-10H2,1-4H3. The Morgan fingerprint density at radius 2 is 1.76 bits per heavy atom. The van der Waals surface area contributed by atoms with Crippen LogP contribution in [-0.4, -0.2) is 11.6 Å². The van der Waals surface area contributed by atoms with E-state index < -0.39 is 0 Å². The Bertz CT molecular complexity index is 463. The zero-order chi connectivity index (χ0) is 15.0. The number of ether oxygens (including phenoxy) is 1. The van der Waals surface area contributed by atoms with E-state index >= 15 is 0 Å². The summed E-state index contributed by atoms with van der Waals surface area (Å²) in [6.45, 7) is 8.17. The molecular formula is C19H30O2. The van der Waals surface area contributed by atoms with Gasteiger partial charge in [-0.05, 0) is 88.9 Å². The molecule has 7 unspecified atom stereocenters. The van der Waals surface area contributed by atoms with E-state index in [-0.39, 0.29) is 17.0 Å². The minimum Gasteiger partial charge on any atom is -0.458 e. The number of rotatable bonds is 2. The monoisotopic (exact) mass is 290 g/mol. The fourth-order valence-corrected chi connectivity index (χ4v) is 6.63. The van der Waals surface area contributed by atoms with Crippen molar-refractivity contribution in [1.29, 1.82) is 0 Å². The Kier molecular flexibility index (Phi) is 2.86. The van der Waals surface area contributed by atoms with Crippen molar-refractivity contribution in [3.63, 3.8) is 0 Å². The molecule has 21 heavy (non-hydrogen) atoms. The molecule has 0 aromatic heterocycles. The van der Waals surface area contributed by atoms with Crippen molar-refractivity contribution in [2.45, 2.75) is 71.8 Å². The maximum Gasteiger partial charge on any atom is 0.311 e. The molecule has 4 fully saturated rings. The summed E-state index contributed by atoms with van der Waals surface area (Å²) in [7, 11) is 0. The van der Waals surface area contributed by atoms with E-state index in [2.05, 4.69) is 6.92 Å². The summed E-state index contributed by atoms with van der Waals surface area (Å²) in [6, 6.07) is 0. The summed E-state index contributed by atoms with van der Waals surface area (Å²) in [4.78, 5) is 12.5. The van der Waals surface area contributed by atoms with Gasteiger partial charge in [0.2, 0.25) is 0 Å². The highest BCUT2D eigenvalue weighted by atomic mass is 16.6. The van der Waals surface area contributed by atoms with Gasteiger partial charge in [-0.2, -0.15) is 0 Å². The van der Waals surface area contributed by atoms with Gasteiger partial charge < -0.3 is 4.74 Å². The summed E-state index contributed by atoms with van der Waals surface area (Å²) < 4.78 is 6.22. The van der Waals surface area contributed by atoms with Crippen LogP contribution in [0, 0.1) is 40.9 Å². The maximum atomic E-state index is 12.5. The Morgan fingerprint density at radius 3 is 2.38 bits per heavy atom. The molecule has 0 radical (unpaired) electrons. The second kappa shape index (κ2) is 4.26. The Labute approximate surface area is 129 Å². The van der Waals surface area contributed by atoms with E-state index in [4.69, 9.17) is 4.74 Å². The minimum absolute atomic E-state index is 0.0107. The summed E-state index contributed by atoms with van der Waals surface area (Å²) in [5, 5.41) is 0. The van der Waals surface area contributed by atoms with Gasteiger partial charge in [0.25, 0.3) is 0 Å². The van der Waals surface area contributed by atoms with Crippen molar-refractivity contribution in [3.05, 3.63) is 0 Å². The molecule has 118 valence electrons. The number of esters is 1. The number of hydrogen-bond donors (Lipinski definition) is 0. The van der Waals surface area contributed by atoms with E-state index in [9.17, 15) is 4.79 Å². The molecule has 0 aliphatic heterocycles. The van der Waals surface area contributed by atoms with Crippen LogP contribution in [0.1, 0.15) is 66.2 Å². The first kappa shape index (κ1) is 14.1. The Hall–Kier alpha value is -0.530. The lowest BCUT2D eigenvalue weighted by atomic mass is 9.65. The van der Waals surface area contributed by atoms with Crippen LogP contribution in [0.5, 0.6) is 0 Å². The van der Waals surface area contributed by atoms with Crippen molar-refractivity contribution >= 4 is 5.97 Å². The third kappa shape index (κ3) is 1.80. The zero-order valence-corrected chi connectivity index (χ0v) is 14.0. The van der Waals surface area contributed by atoms with E-state index in [0.29, 0.717) is 5.92 Å². The molecule has 4 aliphatic rings. The third-order valence-corrected chi connectivity index (χ3v) is 7.40. The van der Waals surface area contributed by atoms with E-state index in [1.165, 1.54) is 25.7 Å². The highest BCUT2D eigenvalue weighted by Crippen LogP contribution is 2.70. The number of carbonyl (C=O) groups is 1. The topological polar surface area (TPSA) is 26.3 Å². The van der Waals surface area contributed by atoms with Crippen LogP contribution in [0.3, 0.4) is 0 Å². The molecule has 7 atom stereocenters. The highest BCUT2D eigenvalue weighted by Gasteiger charge is 2.67. The van der Waals surface area contributed by atoms with E-state index in [1.807, 2.05) is 20.8 Å². The Morgan fingerprint density at radius 1 is 1.10 bits per heavy atom. The number of fused-ring (bicyclic) bond motifs is 9. The normalized spacial score (nSPS) is 50.5. The predicted octanol–water partition coefficient (Wildman–Crippen LogP) is 4.43. The average molecular weight is 290 g/mol. The average Bonchev–Trinajstić information content (AvgIpc) is 3.15. The van der Waals surface area contributed by atoms with Gasteiger partial charge in [-0.25, -0.2) is 0 Å². The molecule has 0 aromatic rings. The third-order valence-electron chi connectivity index (χ3n) is 7.40. The maximum absolute atomic E-state index is 12.5. The van der Waals surface area contributed by atoms with Gasteiger partial charge in [0, 0.05) is 5.92 Å². The zero-order valence-electron chi connectivity index (χ0n) is 14.0. The van der Waals surface area contributed by atoms with Crippen LogP contribution >= 0.6 is 0 Å². The summed E-state index contributed by atoms with van der Waals surface area (Å²) in [6.07, 6.45) is 7.91. The van der Waals surface area contributed by atoms with Gasteiger partial charge in [0.15, 0.2) is 0 Å². The molecule has 0 spiro atoms. The molecule has 0 heterocycles. The molecule has 4 bridgehead atoms. The molecule has 4 aliphatic carbocycles. The van der Waals surface area contributed by atoms with Crippen molar-refractivity contribution in [1.82, 2.24) is 0 Å². The van der Waals surface area contributed by atoms with Crippen molar-refractivity contribution in [3.8, 4) is 0 Å². The van der Waals surface area contributed by atoms with E-state index in [1.54, 1.807) is 0 Å². The summed E-state index contributed by atoms with van der Waals surface area (Å²) in [5.74, 6) is 5.37. The van der Waals surface area contributed by atoms with Crippen molar-refractivity contribution in [2.75, 3.05) is 0 Å².